The highest BCUT2D eigenvalue weighted by atomic mass is 16.5. The number of rotatable bonds is 4. The van der Waals surface area contributed by atoms with Crippen LogP contribution in [0.3, 0.4) is 0 Å². The van der Waals surface area contributed by atoms with Crippen LogP contribution in [0.1, 0.15) is 37.7 Å². The van der Waals surface area contributed by atoms with Crippen molar-refractivity contribution in [1.82, 2.24) is 9.80 Å². The fourth-order valence-electron chi connectivity index (χ4n) is 3.99. The summed E-state index contributed by atoms with van der Waals surface area (Å²) in [5.74, 6) is -0.457. The maximum Gasteiger partial charge on any atom is 0.328 e. The molecular weight excluding hydrogens is 356 g/mol. The summed E-state index contributed by atoms with van der Waals surface area (Å²) >= 11 is 0. The molecule has 2 saturated heterocycles. The zero-order valence-electron chi connectivity index (χ0n) is 16.4. The second-order valence-corrected chi connectivity index (χ2v) is 7.41. The topological polar surface area (TPSA) is 66.9 Å². The molecule has 0 radical (unpaired) electrons. The molecule has 2 heterocycles. The third-order valence-electron chi connectivity index (χ3n) is 5.63. The number of benzene rings is 1. The number of carbonyl (C=O) groups excluding carboxylic acids is 3. The third kappa shape index (κ3) is 4.80. The molecule has 2 amide bonds. The quantitative estimate of drug-likeness (QED) is 0.591. The van der Waals surface area contributed by atoms with Crippen molar-refractivity contribution < 1.29 is 19.1 Å². The van der Waals surface area contributed by atoms with Crippen molar-refractivity contribution in [2.24, 2.45) is 5.92 Å². The Hall–Kier alpha value is -2.63. The first-order valence-corrected chi connectivity index (χ1v) is 10.0. The van der Waals surface area contributed by atoms with Gasteiger partial charge in [0.05, 0.1) is 7.11 Å². The smallest absolute Gasteiger partial charge is 0.328 e. The summed E-state index contributed by atoms with van der Waals surface area (Å²) in [5, 5.41) is 0. The molecular formula is C22H28N2O4. The van der Waals surface area contributed by atoms with Gasteiger partial charge in [-0.25, -0.2) is 4.79 Å². The predicted molar refractivity (Wildman–Crippen MR) is 106 cm³/mol. The van der Waals surface area contributed by atoms with Crippen LogP contribution < -0.4 is 0 Å². The number of piperidine rings is 2. The van der Waals surface area contributed by atoms with Crippen LogP contribution in [-0.2, 0) is 19.1 Å². The fraction of sp³-hybridized carbons (Fsp3) is 0.500. The Morgan fingerprint density at radius 3 is 2.39 bits per heavy atom. The van der Waals surface area contributed by atoms with Crippen LogP contribution in [0.2, 0.25) is 0 Å². The van der Waals surface area contributed by atoms with E-state index in [1.807, 2.05) is 36.4 Å². The van der Waals surface area contributed by atoms with Gasteiger partial charge in [0.25, 0.3) is 0 Å². The van der Waals surface area contributed by atoms with E-state index in [9.17, 15) is 14.4 Å². The lowest BCUT2D eigenvalue weighted by Gasteiger charge is -2.38. The van der Waals surface area contributed by atoms with Crippen LogP contribution in [-0.4, -0.2) is 60.4 Å². The average molecular weight is 384 g/mol. The van der Waals surface area contributed by atoms with Crippen molar-refractivity contribution >= 4 is 23.9 Å². The van der Waals surface area contributed by atoms with Gasteiger partial charge in [-0.3, -0.25) is 9.59 Å². The molecule has 2 aliphatic rings. The lowest BCUT2D eigenvalue weighted by Crippen LogP contribution is -2.52. The zero-order valence-corrected chi connectivity index (χ0v) is 16.4. The summed E-state index contributed by atoms with van der Waals surface area (Å²) in [6.45, 7) is 1.73. The molecule has 2 fully saturated rings. The van der Waals surface area contributed by atoms with Gasteiger partial charge in [-0.05, 0) is 43.7 Å². The van der Waals surface area contributed by atoms with E-state index in [0.717, 1.165) is 18.4 Å². The Kier molecular flexibility index (Phi) is 6.85. The Morgan fingerprint density at radius 2 is 1.71 bits per heavy atom. The number of methoxy groups -OCH3 is 1. The monoisotopic (exact) mass is 384 g/mol. The first kappa shape index (κ1) is 20.1. The normalized spacial score (nSPS) is 21.0. The number of carbonyl (C=O) groups is 3. The van der Waals surface area contributed by atoms with Crippen molar-refractivity contribution in [1.29, 1.82) is 0 Å². The van der Waals surface area contributed by atoms with E-state index in [1.165, 1.54) is 7.11 Å². The summed E-state index contributed by atoms with van der Waals surface area (Å²) in [5.41, 5.74) is 0.986. The maximum absolute atomic E-state index is 13.0. The van der Waals surface area contributed by atoms with E-state index in [4.69, 9.17) is 4.74 Å². The molecule has 1 aromatic carbocycles. The molecule has 0 N–H and O–H groups in total. The van der Waals surface area contributed by atoms with Crippen molar-refractivity contribution in [2.75, 3.05) is 26.7 Å². The highest BCUT2D eigenvalue weighted by Crippen LogP contribution is 2.25. The van der Waals surface area contributed by atoms with Crippen molar-refractivity contribution in [2.45, 2.75) is 38.1 Å². The predicted octanol–water partition coefficient (Wildman–Crippen LogP) is 2.49. The molecule has 2 aliphatic heterocycles. The molecule has 1 unspecified atom stereocenters. The van der Waals surface area contributed by atoms with Gasteiger partial charge in [0, 0.05) is 31.6 Å². The molecule has 0 aliphatic carbocycles. The van der Waals surface area contributed by atoms with E-state index in [1.54, 1.807) is 15.9 Å². The first-order chi connectivity index (χ1) is 13.6. The Morgan fingerprint density at radius 1 is 1.00 bits per heavy atom. The lowest BCUT2D eigenvalue weighted by molar-refractivity contribution is -0.157. The minimum atomic E-state index is -0.459. The number of ether oxygens (including phenoxy) is 1. The van der Waals surface area contributed by atoms with Crippen molar-refractivity contribution in [3.8, 4) is 0 Å². The van der Waals surface area contributed by atoms with Gasteiger partial charge < -0.3 is 14.5 Å². The third-order valence-corrected chi connectivity index (χ3v) is 5.63. The van der Waals surface area contributed by atoms with E-state index >= 15 is 0 Å². The largest absolute Gasteiger partial charge is 0.467 e. The summed E-state index contributed by atoms with van der Waals surface area (Å²) in [4.78, 5) is 40.9. The molecule has 0 saturated carbocycles. The first-order valence-electron chi connectivity index (χ1n) is 10.0. The summed E-state index contributed by atoms with van der Waals surface area (Å²) in [6, 6.07) is 9.25. The Balaban J connectivity index is 1.54. The second kappa shape index (κ2) is 9.53. The fourth-order valence-corrected chi connectivity index (χ4v) is 3.99. The molecule has 0 bridgehead atoms. The summed E-state index contributed by atoms with van der Waals surface area (Å²) in [6.07, 6.45) is 7.19. The van der Waals surface area contributed by atoms with Crippen LogP contribution in [0.5, 0.6) is 0 Å². The SMILES string of the molecule is COC(=O)C1CCCCN1C(=O)C1CCN(C(=O)C=Cc2ccccc2)CC1. The molecule has 0 spiro atoms. The number of hydrogen-bond donors (Lipinski definition) is 0. The van der Waals surface area contributed by atoms with Gasteiger partial charge in [-0.2, -0.15) is 0 Å². The number of nitrogens with zero attached hydrogens (tertiary/aromatic N) is 2. The van der Waals surface area contributed by atoms with Gasteiger partial charge in [-0.15, -0.1) is 0 Å². The van der Waals surface area contributed by atoms with Crippen LogP contribution in [0.15, 0.2) is 36.4 Å². The van der Waals surface area contributed by atoms with Gasteiger partial charge in [0.15, 0.2) is 0 Å². The Labute approximate surface area is 166 Å². The molecule has 3 rings (SSSR count). The maximum atomic E-state index is 13.0. The molecule has 6 heteroatoms. The van der Waals surface area contributed by atoms with Crippen molar-refractivity contribution in [3.63, 3.8) is 0 Å². The molecule has 0 aromatic heterocycles. The minimum absolute atomic E-state index is 0.0276. The van der Waals surface area contributed by atoms with E-state index in [-0.39, 0.29) is 23.7 Å². The molecule has 28 heavy (non-hydrogen) atoms. The average Bonchev–Trinajstić information content (AvgIpc) is 2.77. The van der Waals surface area contributed by atoms with Crippen LogP contribution in [0.25, 0.3) is 6.08 Å². The second-order valence-electron chi connectivity index (χ2n) is 7.41. The lowest BCUT2D eigenvalue weighted by atomic mass is 9.92. The Bertz CT molecular complexity index is 723. The van der Waals surface area contributed by atoms with Crippen molar-refractivity contribution in [3.05, 3.63) is 42.0 Å². The highest BCUT2D eigenvalue weighted by Gasteiger charge is 2.37. The summed E-state index contributed by atoms with van der Waals surface area (Å²) < 4.78 is 4.88. The number of hydrogen-bond acceptors (Lipinski definition) is 4. The van der Waals surface area contributed by atoms with Gasteiger partial charge in [0.2, 0.25) is 11.8 Å². The number of amides is 2. The van der Waals surface area contributed by atoms with Crippen LogP contribution in [0, 0.1) is 5.92 Å². The molecule has 1 atom stereocenters. The molecule has 150 valence electrons. The van der Waals surface area contributed by atoms with Crippen LogP contribution in [0.4, 0.5) is 0 Å². The minimum Gasteiger partial charge on any atom is -0.467 e. The summed E-state index contributed by atoms with van der Waals surface area (Å²) in [7, 11) is 1.37. The molecule has 1 aromatic rings. The standard InChI is InChI=1S/C22H28N2O4/c1-28-22(27)19-9-5-6-14-24(19)21(26)18-12-15-23(16-13-18)20(25)11-10-17-7-3-2-4-8-17/h2-4,7-8,10-11,18-19H,5-6,9,12-16H2,1H3. The van der Waals surface area contributed by atoms with E-state index in [2.05, 4.69) is 0 Å². The molecule has 6 nitrogen and oxygen atoms in total. The van der Waals surface area contributed by atoms with Gasteiger partial charge in [0.1, 0.15) is 6.04 Å². The van der Waals surface area contributed by atoms with Crippen LogP contribution >= 0.6 is 0 Å². The number of esters is 1. The van der Waals surface area contributed by atoms with E-state index < -0.39 is 6.04 Å². The highest BCUT2D eigenvalue weighted by molar-refractivity contribution is 5.92. The zero-order chi connectivity index (χ0) is 19.9. The van der Waals surface area contributed by atoms with E-state index in [0.29, 0.717) is 38.9 Å². The van der Waals surface area contributed by atoms with Gasteiger partial charge >= 0.3 is 5.97 Å². The van der Waals surface area contributed by atoms with Gasteiger partial charge in [-0.1, -0.05) is 30.3 Å². The number of likely N-dealkylation sites (tertiary alicyclic amines) is 2.